The zero-order valence-electron chi connectivity index (χ0n) is 16.7. The van der Waals surface area contributed by atoms with E-state index in [0.717, 1.165) is 4.90 Å². The van der Waals surface area contributed by atoms with Crippen LogP contribution >= 0.6 is 23.4 Å². The van der Waals surface area contributed by atoms with E-state index in [4.69, 9.17) is 11.6 Å². The second-order valence-electron chi connectivity index (χ2n) is 6.76. The fourth-order valence-corrected chi connectivity index (χ4v) is 3.94. The molecule has 2 aromatic rings. The van der Waals surface area contributed by atoms with Gasteiger partial charge >= 0.3 is 18.3 Å². The van der Waals surface area contributed by atoms with Crippen LogP contribution in [0.25, 0.3) is 0 Å². The molecule has 0 radical (unpaired) electrons. The predicted molar refractivity (Wildman–Crippen MR) is 113 cm³/mol. The average molecular weight is 488 g/mol. The van der Waals surface area contributed by atoms with E-state index in [9.17, 15) is 27.6 Å². The number of ether oxygens (including phenoxy) is 1. The predicted octanol–water partition coefficient (Wildman–Crippen LogP) is 5.44. The van der Waals surface area contributed by atoms with E-state index in [1.54, 1.807) is 31.2 Å². The van der Waals surface area contributed by atoms with Crippen molar-refractivity contribution in [3.63, 3.8) is 0 Å². The van der Waals surface area contributed by atoms with Crippen LogP contribution in [0.5, 0.6) is 0 Å². The van der Waals surface area contributed by atoms with Crippen LogP contribution in [0.4, 0.5) is 34.1 Å². The minimum absolute atomic E-state index is 0.0961. The summed E-state index contributed by atoms with van der Waals surface area (Å²) in [5, 5.41) is 5.18. The molecule has 3 rings (SSSR count). The maximum Gasteiger partial charge on any atom is 0.437 e. The van der Waals surface area contributed by atoms with Gasteiger partial charge in [0.05, 0.1) is 10.7 Å². The standard InChI is InChI=1S/C20H17ClF3N3O4S/c1-3-25-17(29)26-11-4-6-12(7-5-11)32-13-8-9-15(14(21)10-13)27-16(28)19(2,20(22,23)24)31-18(27)30/h4-10H,3H2,1-2H3,(H2,25,26,29). The Morgan fingerprint density at radius 2 is 1.78 bits per heavy atom. The van der Waals surface area contributed by atoms with Gasteiger partial charge in [-0.25, -0.2) is 14.5 Å². The first kappa shape index (κ1) is 23.7. The summed E-state index contributed by atoms with van der Waals surface area (Å²) in [5.41, 5.74) is -2.89. The molecule has 1 atom stereocenters. The summed E-state index contributed by atoms with van der Waals surface area (Å²) in [6.07, 6.45) is -6.53. The van der Waals surface area contributed by atoms with Crippen molar-refractivity contribution in [3.05, 3.63) is 47.5 Å². The Bertz CT molecular complexity index is 1070. The SMILES string of the molecule is CCNC(=O)Nc1ccc(Sc2ccc(N3C(=O)OC(C)(C(F)(F)F)C3=O)c(Cl)c2)cc1. The Balaban J connectivity index is 1.75. The second-order valence-corrected chi connectivity index (χ2v) is 8.32. The molecule has 1 aliphatic rings. The summed E-state index contributed by atoms with van der Waals surface area (Å²) < 4.78 is 44.0. The molecule has 2 N–H and O–H groups in total. The number of alkyl halides is 3. The van der Waals surface area contributed by atoms with Crippen LogP contribution in [0.1, 0.15) is 13.8 Å². The van der Waals surface area contributed by atoms with Crippen molar-refractivity contribution in [2.45, 2.75) is 35.4 Å². The summed E-state index contributed by atoms with van der Waals surface area (Å²) in [7, 11) is 0. The molecule has 0 aliphatic carbocycles. The molecule has 0 spiro atoms. The Labute approximate surface area is 190 Å². The topological polar surface area (TPSA) is 87.7 Å². The highest BCUT2D eigenvalue weighted by atomic mass is 35.5. The molecule has 170 valence electrons. The molecule has 4 amide bonds. The molecule has 2 aromatic carbocycles. The highest BCUT2D eigenvalue weighted by Crippen LogP contribution is 2.43. The quantitative estimate of drug-likeness (QED) is 0.586. The number of carbonyl (C=O) groups excluding carboxylic acids is 3. The van der Waals surface area contributed by atoms with E-state index in [1.165, 1.54) is 30.0 Å². The van der Waals surface area contributed by atoms with E-state index in [0.29, 0.717) is 24.1 Å². The van der Waals surface area contributed by atoms with E-state index in [2.05, 4.69) is 15.4 Å². The van der Waals surface area contributed by atoms with Gasteiger partial charge < -0.3 is 15.4 Å². The van der Waals surface area contributed by atoms with Crippen LogP contribution in [0.3, 0.4) is 0 Å². The van der Waals surface area contributed by atoms with Gasteiger partial charge in [0.2, 0.25) is 0 Å². The number of nitrogens with zero attached hydrogens (tertiary/aromatic N) is 1. The Kier molecular flexibility index (Phi) is 6.61. The van der Waals surface area contributed by atoms with Crippen molar-refractivity contribution >= 4 is 52.8 Å². The number of anilines is 2. The summed E-state index contributed by atoms with van der Waals surface area (Å²) in [6.45, 7) is 2.79. The van der Waals surface area contributed by atoms with Gasteiger partial charge in [-0.3, -0.25) is 4.79 Å². The first-order valence-corrected chi connectivity index (χ1v) is 10.4. The van der Waals surface area contributed by atoms with Gasteiger partial charge in [-0.1, -0.05) is 23.4 Å². The molecule has 1 fully saturated rings. The Hall–Kier alpha value is -2.92. The molecule has 12 heteroatoms. The summed E-state index contributed by atoms with van der Waals surface area (Å²) in [6, 6.07) is 10.8. The highest BCUT2D eigenvalue weighted by Gasteiger charge is 2.67. The van der Waals surface area contributed by atoms with Crippen molar-refractivity contribution in [1.29, 1.82) is 0 Å². The largest absolute Gasteiger partial charge is 0.437 e. The van der Waals surface area contributed by atoms with Crippen LogP contribution in [-0.2, 0) is 9.53 Å². The third-order valence-electron chi connectivity index (χ3n) is 4.47. The van der Waals surface area contributed by atoms with Gasteiger partial charge in [-0.15, -0.1) is 0 Å². The van der Waals surface area contributed by atoms with Crippen LogP contribution in [0.15, 0.2) is 52.3 Å². The fraction of sp³-hybridized carbons (Fsp3) is 0.250. The smallest absolute Gasteiger partial charge is 0.422 e. The number of imide groups is 1. The van der Waals surface area contributed by atoms with Crippen molar-refractivity contribution < 1.29 is 32.3 Å². The molecule has 1 aliphatic heterocycles. The maximum atomic E-state index is 13.2. The molecule has 1 saturated heterocycles. The lowest BCUT2D eigenvalue weighted by Crippen LogP contribution is -2.50. The van der Waals surface area contributed by atoms with E-state index in [-0.39, 0.29) is 21.6 Å². The molecule has 32 heavy (non-hydrogen) atoms. The summed E-state index contributed by atoms with van der Waals surface area (Å²) in [5.74, 6) is -1.56. The van der Waals surface area contributed by atoms with Gasteiger partial charge in [-0.2, -0.15) is 13.2 Å². The molecule has 0 saturated carbocycles. The van der Waals surface area contributed by atoms with Crippen LogP contribution in [0, 0.1) is 0 Å². The number of hydrogen-bond acceptors (Lipinski definition) is 5. The van der Waals surface area contributed by atoms with E-state index >= 15 is 0 Å². The zero-order chi connectivity index (χ0) is 23.7. The molecule has 0 bridgehead atoms. The summed E-state index contributed by atoms with van der Waals surface area (Å²) in [4.78, 5) is 37.6. The lowest BCUT2D eigenvalue weighted by molar-refractivity contribution is -0.234. The number of amides is 4. The lowest BCUT2D eigenvalue weighted by atomic mass is 10.1. The molecule has 7 nitrogen and oxygen atoms in total. The highest BCUT2D eigenvalue weighted by molar-refractivity contribution is 7.99. The minimum atomic E-state index is -5.07. The van der Waals surface area contributed by atoms with E-state index in [1.807, 2.05) is 0 Å². The number of carbonyl (C=O) groups is 3. The van der Waals surface area contributed by atoms with Gasteiger partial charge in [0.1, 0.15) is 0 Å². The minimum Gasteiger partial charge on any atom is -0.422 e. The van der Waals surface area contributed by atoms with E-state index < -0.39 is 23.8 Å². The third-order valence-corrected chi connectivity index (χ3v) is 5.77. The second kappa shape index (κ2) is 8.91. The number of rotatable bonds is 5. The fourth-order valence-electron chi connectivity index (χ4n) is 2.76. The first-order chi connectivity index (χ1) is 15.0. The number of nitrogens with one attached hydrogen (secondary N) is 2. The lowest BCUT2D eigenvalue weighted by Gasteiger charge is -2.22. The van der Waals surface area contributed by atoms with Crippen LogP contribution in [0.2, 0.25) is 5.02 Å². The maximum absolute atomic E-state index is 13.2. The van der Waals surface area contributed by atoms with Gasteiger partial charge in [0.25, 0.3) is 11.5 Å². The number of cyclic esters (lactones) is 1. The molecular formula is C20H17ClF3N3O4S. The number of benzene rings is 2. The van der Waals surface area contributed by atoms with Gasteiger partial charge in [0.15, 0.2) is 0 Å². The zero-order valence-corrected chi connectivity index (χ0v) is 18.3. The number of hydrogen-bond donors (Lipinski definition) is 2. The third kappa shape index (κ3) is 4.63. The normalized spacial score (nSPS) is 18.5. The van der Waals surface area contributed by atoms with Crippen LogP contribution in [-0.4, -0.2) is 36.4 Å². The number of halogens is 4. The van der Waals surface area contributed by atoms with Gasteiger partial charge in [-0.05, 0) is 56.3 Å². The first-order valence-electron chi connectivity index (χ1n) is 9.23. The molecule has 0 aromatic heterocycles. The van der Waals surface area contributed by atoms with Crippen molar-refractivity contribution in [2.24, 2.45) is 0 Å². The summed E-state index contributed by atoms with van der Waals surface area (Å²) >= 11 is 7.46. The number of urea groups is 1. The molecule has 1 heterocycles. The average Bonchev–Trinajstić information content (AvgIpc) is 2.93. The van der Waals surface area contributed by atoms with Crippen molar-refractivity contribution in [2.75, 3.05) is 16.8 Å². The Morgan fingerprint density at radius 3 is 2.31 bits per heavy atom. The molecule has 1 unspecified atom stereocenters. The van der Waals surface area contributed by atoms with Gasteiger partial charge in [0, 0.05) is 22.0 Å². The monoisotopic (exact) mass is 487 g/mol. The van der Waals surface area contributed by atoms with Crippen molar-refractivity contribution in [3.8, 4) is 0 Å². The van der Waals surface area contributed by atoms with Crippen LogP contribution < -0.4 is 15.5 Å². The Morgan fingerprint density at radius 1 is 1.16 bits per heavy atom. The van der Waals surface area contributed by atoms with Crippen molar-refractivity contribution in [1.82, 2.24) is 5.32 Å². The molecular weight excluding hydrogens is 471 g/mol.